The van der Waals surface area contributed by atoms with E-state index in [0.29, 0.717) is 13.1 Å². The number of nitrogens with one attached hydrogen (secondary N) is 2. The van der Waals surface area contributed by atoms with Crippen LogP contribution in [0.25, 0.3) is 0 Å². The van der Waals surface area contributed by atoms with Gasteiger partial charge in [0.05, 0.1) is 6.54 Å². The lowest BCUT2D eigenvalue weighted by atomic mass is 10.1. The van der Waals surface area contributed by atoms with Crippen LogP contribution in [-0.2, 0) is 13.1 Å². The second-order valence-electron chi connectivity index (χ2n) is 6.07. The fourth-order valence-corrected chi connectivity index (χ4v) is 3.51. The highest BCUT2D eigenvalue weighted by molar-refractivity contribution is 14.0. The number of hydrogen-bond donors (Lipinski definition) is 2. The summed E-state index contributed by atoms with van der Waals surface area (Å²) in [6.45, 7) is 2.23. The molecule has 9 heteroatoms. The Morgan fingerprint density at radius 1 is 1.14 bits per heavy atom. The van der Waals surface area contributed by atoms with E-state index in [-0.39, 0.29) is 24.0 Å². The standard InChI is InChI=1S/C20H23ClN6S.HI/c1-22-20(24-9-10-28-19-7-5-18(21)6-8-19)25-12-16-3-2-4-17(11-16)13-27-15-23-14-26-27;/h2-8,11,14-15H,9-10,12-13H2,1H3,(H2,22,24,25);1H. The quantitative estimate of drug-likeness (QED) is 0.148. The van der Waals surface area contributed by atoms with Crippen molar-refractivity contribution in [1.82, 2.24) is 25.4 Å². The third-order valence-corrected chi connectivity index (χ3v) is 5.23. The molecule has 0 fully saturated rings. The first-order valence-electron chi connectivity index (χ1n) is 8.96. The summed E-state index contributed by atoms with van der Waals surface area (Å²) < 4.78 is 1.81. The maximum absolute atomic E-state index is 5.91. The summed E-state index contributed by atoms with van der Waals surface area (Å²) in [6.07, 6.45) is 3.27. The van der Waals surface area contributed by atoms with Crippen LogP contribution in [0.2, 0.25) is 5.02 Å². The summed E-state index contributed by atoms with van der Waals surface area (Å²) in [6, 6.07) is 16.3. The van der Waals surface area contributed by atoms with Gasteiger partial charge in [0.1, 0.15) is 12.7 Å². The number of halogens is 2. The molecule has 2 N–H and O–H groups in total. The van der Waals surface area contributed by atoms with E-state index in [1.54, 1.807) is 31.5 Å². The van der Waals surface area contributed by atoms with Crippen LogP contribution < -0.4 is 10.6 Å². The second-order valence-corrected chi connectivity index (χ2v) is 7.67. The molecule has 0 bridgehead atoms. The lowest BCUT2D eigenvalue weighted by molar-refractivity contribution is 0.683. The van der Waals surface area contributed by atoms with Gasteiger partial charge in [-0.15, -0.1) is 35.7 Å². The molecule has 0 aliphatic rings. The summed E-state index contributed by atoms with van der Waals surface area (Å²) in [7, 11) is 1.78. The van der Waals surface area contributed by atoms with Crippen molar-refractivity contribution in [3.8, 4) is 0 Å². The molecule has 0 saturated heterocycles. The van der Waals surface area contributed by atoms with Crippen molar-refractivity contribution < 1.29 is 0 Å². The van der Waals surface area contributed by atoms with Gasteiger partial charge in [0.15, 0.2) is 5.96 Å². The molecule has 3 rings (SSSR count). The van der Waals surface area contributed by atoms with E-state index in [0.717, 1.165) is 23.3 Å². The van der Waals surface area contributed by atoms with Gasteiger partial charge in [-0.25, -0.2) is 9.67 Å². The van der Waals surface area contributed by atoms with Gasteiger partial charge in [-0.05, 0) is 35.4 Å². The van der Waals surface area contributed by atoms with Crippen LogP contribution >= 0.6 is 47.3 Å². The van der Waals surface area contributed by atoms with Gasteiger partial charge in [-0.3, -0.25) is 4.99 Å². The van der Waals surface area contributed by atoms with Gasteiger partial charge in [0.2, 0.25) is 0 Å². The third-order valence-electron chi connectivity index (χ3n) is 3.96. The van der Waals surface area contributed by atoms with Gasteiger partial charge >= 0.3 is 0 Å². The number of aromatic nitrogens is 3. The maximum Gasteiger partial charge on any atom is 0.191 e. The van der Waals surface area contributed by atoms with Crippen LogP contribution in [0.5, 0.6) is 0 Å². The Morgan fingerprint density at radius 3 is 2.66 bits per heavy atom. The maximum atomic E-state index is 5.91. The molecule has 6 nitrogen and oxygen atoms in total. The molecule has 3 aromatic rings. The number of nitrogens with zero attached hydrogens (tertiary/aromatic N) is 4. The topological polar surface area (TPSA) is 67.1 Å². The highest BCUT2D eigenvalue weighted by atomic mass is 127. The Morgan fingerprint density at radius 2 is 1.93 bits per heavy atom. The fourth-order valence-electron chi connectivity index (χ4n) is 2.61. The van der Waals surface area contributed by atoms with E-state index in [4.69, 9.17) is 11.6 Å². The van der Waals surface area contributed by atoms with Crippen LogP contribution in [0.1, 0.15) is 11.1 Å². The smallest absolute Gasteiger partial charge is 0.191 e. The molecule has 0 aliphatic heterocycles. The normalized spacial score (nSPS) is 11.0. The largest absolute Gasteiger partial charge is 0.356 e. The van der Waals surface area contributed by atoms with Gasteiger partial charge in [0.25, 0.3) is 0 Å². The van der Waals surface area contributed by atoms with E-state index in [1.807, 2.05) is 28.9 Å². The summed E-state index contributed by atoms with van der Waals surface area (Å²) in [5.74, 6) is 1.73. The number of benzene rings is 2. The molecule has 2 aromatic carbocycles. The summed E-state index contributed by atoms with van der Waals surface area (Å²) in [5.41, 5.74) is 2.38. The Bertz CT molecular complexity index is 886. The van der Waals surface area contributed by atoms with Gasteiger partial charge in [-0.1, -0.05) is 35.9 Å². The van der Waals surface area contributed by atoms with Crippen molar-refractivity contribution in [2.75, 3.05) is 19.3 Å². The predicted octanol–water partition coefficient (Wildman–Crippen LogP) is 4.06. The van der Waals surface area contributed by atoms with Crippen molar-refractivity contribution >= 4 is 53.3 Å². The molecule has 0 spiro atoms. The molecule has 0 saturated carbocycles. The zero-order valence-corrected chi connectivity index (χ0v) is 20.0. The first-order valence-corrected chi connectivity index (χ1v) is 10.3. The van der Waals surface area contributed by atoms with E-state index in [9.17, 15) is 0 Å². The Kier molecular flexibility index (Phi) is 10.3. The van der Waals surface area contributed by atoms with Crippen LogP contribution in [0.4, 0.5) is 0 Å². The molecule has 0 amide bonds. The van der Waals surface area contributed by atoms with Crippen molar-refractivity contribution in [3.05, 3.63) is 77.3 Å². The summed E-state index contributed by atoms with van der Waals surface area (Å²) >= 11 is 7.69. The highest BCUT2D eigenvalue weighted by Gasteiger charge is 2.01. The predicted molar refractivity (Wildman–Crippen MR) is 131 cm³/mol. The minimum atomic E-state index is 0. The molecule has 0 atom stereocenters. The molecule has 1 aromatic heterocycles. The van der Waals surface area contributed by atoms with Crippen LogP contribution in [0.3, 0.4) is 0 Å². The molecule has 154 valence electrons. The average molecular weight is 543 g/mol. The number of aliphatic imine (C=N–C) groups is 1. The molecule has 0 unspecified atom stereocenters. The lowest BCUT2D eigenvalue weighted by Gasteiger charge is -2.12. The van der Waals surface area contributed by atoms with Gasteiger partial charge in [-0.2, -0.15) is 5.10 Å². The monoisotopic (exact) mass is 542 g/mol. The second kappa shape index (κ2) is 12.7. The van der Waals surface area contributed by atoms with E-state index in [1.165, 1.54) is 16.0 Å². The van der Waals surface area contributed by atoms with Crippen molar-refractivity contribution in [2.24, 2.45) is 4.99 Å². The van der Waals surface area contributed by atoms with Crippen molar-refractivity contribution in [3.63, 3.8) is 0 Å². The molecule has 0 aliphatic carbocycles. The molecule has 0 radical (unpaired) electrons. The minimum Gasteiger partial charge on any atom is -0.356 e. The Balaban J connectivity index is 0.00000300. The summed E-state index contributed by atoms with van der Waals surface area (Å²) in [4.78, 5) is 9.47. The van der Waals surface area contributed by atoms with Crippen molar-refractivity contribution in [1.29, 1.82) is 0 Å². The van der Waals surface area contributed by atoms with Crippen LogP contribution in [0.15, 0.2) is 71.1 Å². The Hall–Kier alpha value is -1.78. The van der Waals surface area contributed by atoms with E-state index in [2.05, 4.69) is 50.0 Å². The number of thioether (sulfide) groups is 1. The molecule has 1 heterocycles. The number of guanidine groups is 1. The van der Waals surface area contributed by atoms with E-state index >= 15 is 0 Å². The Labute approximate surface area is 197 Å². The molecular formula is C20H24ClIN6S. The van der Waals surface area contributed by atoms with Crippen molar-refractivity contribution in [2.45, 2.75) is 18.0 Å². The fraction of sp³-hybridized carbons (Fsp3) is 0.250. The first kappa shape index (κ1) is 23.5. The van der Waals surface area contributed by atoms with E-state index < -0.39 is 0 Å². The highest BCUT2D eigenvalue weighted by Crippen LogP contribution is 2.19. The average Bonchev–Trinajstić information content (AvgIpc) is 3.22. The zero-order chi connectivity index (χ0) is 19.6. The molecule has 29 heavy (non-hydrogen) atoms. The van der Waals surface area contributed by atoms with Crippen LogP contribution in [0, 0.1) is 0 Å². The van der Waals surface area contributed by atoms with Gasteiger partial charge in [0, 0.05) is 35.8 Å². The third kappa shape index (κ3) is 8.23. The van der Waals surface area contributed by atoms with Gasteiger partial charge < -0.3 is 10.6 Å². The first-order chi connectivity index (χ1) is 13.7. The lowest BCUT2D eigenvalue weighted by Crippen LogP contribution is -2.37. The minimum absolute atomic E-state index is 0. The molecular weight excluding hydrogens is 519 g/mol. The van der Waals surface area contributed by atoms with Crippen LogP contribution in [-0.4, -0.2) is 40.1 Å². The SMILES string of the molecule is CN=C(NCCSc1ccc(Cl)cc1)NCc1cccc(Cn2cncn2)c1.I. The number of hydrogen-bond acceptors (Lipinski definition) is 4. The summed E-state index contributed by atoms with van der Waals surface area (Å²) in [5, 5.41) is 11.6. The number of rotatable bonds is 8. The zero-order valence-electron chi connectivity index (χ0n) is 16.1.